The molecule has 1 heterocycles. The van der Waals surface area contributed by atoms with E-state index in [-0.39, 0.29) is 10.6 Å². The number of nitro groups is 1. The van der Waals surface area contributed by atoms with Crippen LogP contribution in [0.2, 0.25) is 0 Å². The lowest BCUT2D eigenvalue weighted by Crippen LogP contribution is -2.08. The maximum Gasteiger partial charge on any atom is 0.333 e. The van der Waals surface area contributed by atoms with Gasteiger partial charge in [0.1, 0.15) is 5.69 Å². The summed E-state index contributed by atoms with van der Waals surface area (Å²) in [6, 6.07) is 0. The molecule has 0 aliphatic heterocycles. The average molecular weight is 240 g/mol. The van der Waals surface area contributed by atoms with Crippen LogP contribution >= 0.6 is 0 Å². The van der Waals surface area contributed by atoms with Crippen molar-refractivity contribution in [2.24, 2.45) is 13.0 Å². The van der Waals surface area contributed by atoms with Crippen molar-refractivity contribution in [1.29, 1.82) is 0 Å². The maximum atomic E-state index is 10.9. The highest BCUT2D eigenvalue weighted by atomic mass is 16.6. The smallest absolute Gasteiger partial charge is 0.333 e. The van der Waals surface area contributed by atoms with Gasteiger partial charge in [-0.15, -0.1) is 0 Å². The van der Waals surface area contributed by atoms with E-state index in [0.29, 0.717) is 17.4 Å². The Morgan fingerprint density at radius 1 is 1.53 bits per heavy atom. The van der Waals surface area contributed by atoms with Gasteiger partial charge in [0, 0.05) is 13.6 Å². The molecule has 6 heteroatoms. The third-order valence-electron chi connectivity index (χ3n) is 2.62. The Bertz CT molecular complexity index is 398. The Morgan fingerprint density at radius 3 is 2.71 bits per heavy atom. The first-order valence-electron chi connectivity index (χ1n) is 5.85. The van der Waals surface area contributed by atoms with E-state index >= 15 is 0 Å². The Kier molecular flexibility index (Phi) is 4.48. The topological polar surface area (TPSA) is 73.0 Å². The van der Waals surface area contributed by atoms with Gasteiger partial charge in [-0.3, -0.25) is 10.1 Å². The number of hydrogen-bond acceptors (Lipinski definition) is 4. The van der Waals surface area contributed by atoms with E-state index in [0.717, 1.165) is 19.4 Å². The zero-order chi connectivity index (χ0) is 13.0. The number of nitrogens with zero attached hydrogens (tertiary/aromatic N) is 3. The minimum atomic E-state index is -0.382. The Labute approximate surface area is 101 Å². The van der Waals surface area contributed by atoms with Crippen LogP contribution < -0.4 is 5.32 Å². The third kappa shape index (κ3) is 3.44. The third-order valence-corrected chi connectivity index (χ3v) is 2.62. The van der Waals surface area contributed by atoms with Crippen LogP contribution in [0.1, 0.15) is 32.4 Å². The maximum absolute atomic E-state index is 10.9. The van der Waals surface area contributed by atoms with Crippen molar-refractivity contribution in [2.45, 2.75) is 33.6 Å². The Balaban J connectivity index is 2.67. The molecule has 96 valence electrons. The molecule has 0 saturated carbocycles. The number of anilines is 1. The van der Waals surface area contributed by atoms with Crippen LogP contribution in [0.5, 0.6) is 0 Å². The van der Waals surface area contributed by atoms with Gasteiger partial charge in [-0.25, -0.2) is 4.68 Å². The minimum absolute atomic E-state index is 0.0806. The van der Waals surface area contributed by atoms with Gasteiger partial charge in [-0.05, 0) is 25.7 Å². The van der Waals surface area contributed by atoms with Crippen LogP contribution in [-0.4, -0.2) is 21.2 Å². The molecule has 0 amide bonds. The number of hydrogen-bond donors (Lipinski definition) is 1. The molecule has 1 aromatic heterocycles. The van der Waals surface area contributed by atoms with Gasteiger partial charge in [-0.1, -0.05) is 13.8 Å². The molecule has 0 saturated heterocycles. The van der Waals surface area contributed by atoms with Crippen LogP contribution in [0.4, 0.5) is 11.5 Å². The standard InChI is InChI=1S/C11H20N4O2/c1-8(2)6-5-7-12-11-10(15(16)17)9(3)13-14(11)4/h8,12H,5-7H2,1-4H3. The van der Waals surface area contributed by atoms with Crippen molar-refractivity contribution in [3.63, 3.8) is 0 Å². The summed E-state index contributed by atoms with van der Waals surface area (Å²) < 4.78 is 1.53. The van der Waals surface area contributed by atoms with E-state index in [9.17, 15) is 10.1 Å². The highest BCUT2D eigenvalue weighted by Crippen LogP contribution is 2.27. The van der Waals surface area contributed by atoms with Crippen LogP contribution in [0.25, 0.3) is 0 Å². The Hall–Kier alpha value is -1.59. The fourth-order valence-electron chi connectivity index (χ4n) is 1.78. The Morgan fingerprint density at radius 2 is 2.18 bits per heavy atom. The SMILES string of the molecule is Cc1nn(C)c(NCCCC(C)C)c1[N+](=O)[O-]. The van der Waals surface area contributed by atoms with Crippen molar-refractivity contribution < 1.29 is 4.92 Å². The van der Waals surface area contributed by atoms with E-state index in [2.05, 4.69) is 24.3 Å². The molecular formula is C11H20N4O2. The van der Waals surface area contributed by atoms with Gasteiger partial charge < -0.3 is 5.32 Å². The summed E-state index contributed by atoms with van der Waals surface area (Å²) in [5, 5.41) is 18.1. The fourth-order valence-corrected chi connectivity index (χ4v) is 1.78. The van der Waals surface area contributed by atoms with Gasteiger partial charge in [0.25, 0.3) is 0 Å². The monoisotopic (exact) mass is 240 g/mol. The first-order chi connectivity index (χ1) is 7.93. The summed E-state index contributed by atoms with van der Waals surface area (Å²) >= 11 is 0. The highest BCUT2D eigenvalue weighted by molar-refractivity contribution is 5.59. The van der Waals surface area contributed by atoms with Gasteiger partial charge in [-0.2, -0.15) is 5.10 Å². The predicted octanol–water partition coefficient (Wildman–Crippen LogP) is 2.48. The molecule has 0 bridgehead atoms. The molecule has 1 N–H and O–H groups in total. The second-order valence-corrected chi connectivity index (χ2v) is 4.63. The van der Waals surface area contributed by atoms with E-state index in [1.807, 2.05) is 0 Å². The average Bonchev–Trinajstić information content (AvgIpc) is 2.48. The van der Waals surface area contributed by atoms with Gasteiger partial charge in [0.05, 0.1) is 4.92 Å². The summed E-state index contributed by atoms with van der Waals surface area (Å²) in [7, 11) is 1.71. The molecule has 6 nitrogen and oxygen atoms in total. The van der Waals surface area contributed by atoms with Crippen LogP contribution in [0.3, 0.4) is 0 Å². The van der Waals surface area contributed by atoms with Gasteiger partial charge >= 0.3 is 5.69 Å². The number of aryl methyl sites for hydroxylation is 2. The summed E-state index contributed by atoms with van der Waals surface area (Å²) in [5.74, 6) is 1.15. The summed E-state index contributed by atoms with van der Waals surface area (Å²) in [4.78, 5) is 10.5. The molecule has 0 aromatic carbocycles. The quantitative estimate of drug-likeness (QED) is 0.471. The molecule has 0 fully saturated rings. The van der Waals surface area contributed by atoms with Crippen LogP contribution in [-0.2, 0) is 7.05 Å². The molecule has 0 atom stereocenters. The van der Waals surface area contributed by atoms with Crippen molar-refractivity contribution in [1.82, 2.24) is 9.78 Å². The zero-order valence-electron chi connectivity index (χ0n) is 10.9. The molecular weight excluding hydrogens is 220 g/mol. The highest BCUT2D eigenvalue weighted by Gasteiger charge is 2.23. The first kappa shape index (κ1) is 13.5. The molecule has 0 unspecified atom stereocenters. The van der Waals surface area contributed by atoms with Crippen molar-refractivity contribution in [2.75, 3.05) is 11.9 Å². The molecule has 1 aromatic rings. The second-order valence-electron chi connectivity index (χ2n) is 4.63. The van der Waals surface area contributed by atoms with Crippen LogP contribution in [0.15, 0.2) is 0 Å². The van der Waals surface area contributed by atoms with E-state index in [1.54, 1.807) is 14.0 Å². The molecule has 0 radical (unpaired) electrons. The van der Waals surface area contributed by atoms with E-state index in [1.165, 1.54) is 4.68 Å². The molecule has 0 aliphatic carbocycles. The first-order valence-corrected chi connectivity index (χ1v) is 5.85. The lowest BCUT2D eigenvalue weighted by molar-refractivity contribution is -0.384. The van der Waals surface area contributed by atoms with Crippen molar-refractivity contribution in [3.05, 3.63) is 15.8 Å². The number of rotatable bonds is 6. The molecule has 0 spiro atoms. The molecule has 0 aliphatic rings. The zero-order valence-corrected chi connectivity index (χ0v) is 10.9. The molecule has 1 rings (SSSR count). The largest absolute Gasteiger partial charge is 0.365 e. The lowest BCUT2D eigenvalue weighted by Gasteiger charge is -2.07. The van der Waals surface area contributed by atoms with Crippen LogP contribution in [0, 0.1) is 23.0 Å². The number of aromatic nitrogens is 2. The molecule has 17 heavy (non-hydrogen) atoms. The lowest BCUT2D eigenvalue weighted by atomic mass is 10.1. The van der Waals surface area contributed by atoms with E-state index in [4.69, 9.17) is 0 Å². The summed E-state index contributed by atoms with van der Waals surface area (Å²) in [6.45, 7) is 6.71. The summed E-state index contributed by atoms with van der Waals surface area (Å²) in [6.07, 6.45) is 2.11. The predicted molar refractivity (Wildman–Crippen MR) is 67.2 cm³/mol. The normalized spacial score (nSPS) is 10.9. The fraction of sp³-hybridized carbons (Fsp3) is 0.727. The van der Waals surface area contributed by atoms with Crippen molar-refractivity contribution >= 4 is 11.5 Å². The summed E-state index contributed by atoms with van der Waals surface area (Å²) in [5.41, 5.74) is 0.529. The van der Waals surface area contributed by atoms with Gasteiger partial charge in [0.2, 0.25) is 5.82 Å². The van der Waals surface area contributed by atoms with Gasteiger partial charge in [0.15, 0.2) is 0 Å². The van der Waals surface area contributed by atoms with Crippen molar-refractivity contribution in [3.8, 4) is 0 Å². The van der Waals surface area contributed by atoms with E-state index < -0.39 is 0 Å². The second kappa shape index (κ2) is 5.65. The number of nitrogens with one attached hydrogen (secondary N) is 1. The minimum Gasteiger partial charge on any atom is -0.365 e.